The lowest BCUT2D eigenvalue weighted by Gasteiger charge is -2.08. The number of halogens is 4. The summed E-state index contributed by atoms with van der Waals surface area (Å²) in [5.41, 5.74) is -0.309. The number of aryl methyl sites for hydroxylation is 1. The molecule has 1 aliphatic carbocycles. The maximum Gasteiger partial charge on any atom is 0.435 e. The number of hydrogen-bond acceptors (Lipinski definition) is 4. The minimum atomic E-state index is -4.47. The second kappa shape index (κ2) is 7.01. The third kappa shape index (κ3) is 4.63. The van der Waals surface area contributed by atoms with E-state index >= 15 is 0 Å². The number of rotatable bonds is 7. The first-order valence-corrected chi connectivity index (χ1v) is 10.7. The number of nitrogens with zero attached hydrogens (tertiary/aromatic N) is 2. The van der Waals surface area contributed by atoms with Gasteiger partial charge in [-0.15, -0.1) is 11.3 Å². The van der Waals surface area contributed by atoms with Crippen LogP contribution in [0.5, 0.6) is 0 Å². The zero-order valence-electron chi connectivity index (χ0n) is 12.9. The topological polar surface area (TPSA) is 64.0 Å². The Labute approximate surface area is 155 Å². The number of alkyl halides is 3. The van der Waals surface area contributed by atoms with Crippen LogP contribution in [0.3, 0.4) is 0 Å². The Kier molecular flexibility index (Phi) is 5.29. The molecule has 1 fully saturated rings. The van der Waals surface area contributed by atoms with Crippen LogP contribution in [0.25, 0.3) is 0 Å². The van der Waals surface area contributed by atoms with Crippen molar-refractivity contribution in [2.45, 2.75) is 42.1 Å². The lowest BCUT2D eigenvalue weighted by molar-refractivity contribution is -0.141. The molecule has 0 atom stereocenters. The SMILES string of the molecule is O=S(=O)(NCCCn1nc(C(F)(F)F)cc1C1CC1)c1ccc(Br)s1. The van der Waals surface area contributed by atoms with Gasteiger partial charge in [-0.2, -0.15) is 18.3 Å². The van der Waals surface area contributed by atoms with E-state index in [2.05, 4.69) is 25.8 Å². The van der Waals surface area contributed by atoms with Crippen molar-refractivity contribution in [3.8, 4) is 0 Å². The van der Waals surface area contributed by atoms with Gasteiger partial charge >= 0.3 is 6.18 Å². The zero-order chi connectivity index (χ0) is 18.2. The Morgan fingerprint density at radius 1 is 1.36 bits per heavy atom. The van der Waals surface area contributed by atoms with Gasteiger partial charge in [0.2, 0.25) is 10.0 Å². The normalized spacial score (nSPS) is 15.7. The molecule has 2 heterocycles. The second-order valence-corrected chi connectivity index (χ2v) is 10.2. The fraction of sp³-hybridized carbons (Fsp3) is 0.500. The number of aromatic nitrogens is 2. The summed E-state index contributed by atoms with van der Waals surface area (Å²) in [7, 11) is -3.60. The van der Waals surface area contributed by atoms with Crippen LogP contribution in [0.1, 0.15) is 36.6 Å². The van der Waals surface area contributed by atoms with Crippen LogP contribution in [0, 0.1) is 0 Å². The van der Waals surface area contributed by atoms with Gasteiger partial charge in [-0.25, -0.2) is 13.1 Å². The van der Waals surface area contributed by atoms with Crippen molar-refractivity contribution >= 4 is 37.3 Å². The van der Waals surface area contributed by atoms with Crippen LogP contribution in [0.2, 0.25) is 0 Å². The minimum Gasteiger partial charge on any atom is -0.269 e. The molecule has 1 N–H and O–H groups in total. The maximum atomic E-state index is 12.8. The summed E-state index contributed by atoms with van der Waals surface area (Å²) in [6.07, 6.45) is -2.39. The highest BCUT2D eigenvalue weighted by atomic mass is 79.9. The molecular formula is C14H15BrF3N3O2S2. The molecule has 0 saturated heterocycles. The Morgan fingerprint density at radius 2 is 2.08 bits per heavy atom. The van der Waals surface area contributed by atoms with Crippen LogP contribution in [-0.2, 0) is 22.7 Å². The van der Waals surface area contributed by atoms with Gasteiger partial charge in [0.1, 0.15) is 4.21 Å². The van der Waals surface area contributed by atoms with Gasteiger partial charge in [0.05, 0.1) is 3.79 Å². The molecule has 1 saturated carbocycles. The molecule has 11 heteroatoms. The molecule has 138 valence electrons. The molecule has 3 rings (SSSR count). The molecule has 0 aliphatic heterocycles. The quantitative estimate of drug-likeness (QED) is 0.639. The molecule has 2 aromatic heterocycles. The molecule has 0 bridgehead atoms. The van der Waals surface area contributed by atoms with Crippen molar-refractivity contribution in [3.63, 3.8) is 0 Å². The molecule has 0 radical (unpaired) electrons. The molecular weight excluding hydrogens is 443 g/mol. The summed E-state index contributed by atoms with van der Waals surface area (Å²) in [4.78, 5) is 0. The number of nitrogens with one attached hydrogen (secondary N) is 1. The Hall–Kier alpha value is -0.910. The van der Waals surface area contributed by atoms with Crippen LogP contribution >= 0.6 is 27.3 Å². The standard InChI is InChI=1S/C14H15BrF3N3O2S2/c15-12-4-5-13(24-12)25(22,23)19-6-1-7-21-10(9-2-3-9)8-11(20-21)14(16,17)18/h4-5,8-9,19H,1-3,6-7H2. The molecule has 0 amide bonds. The van der Waals surface area contributed by atoms with Crippen molar-refractivity contribution in [1.82, 2.24) is 14.5 Å². The van der Waals surface area contributed by atoms with Gasteiger partial charge in [0.25, 0.3) is 0 Å². The third-order valence-electron chi connectivity index (χ3n) is 3.75. The fourth-order valence-corrected chi connectivity index (χ4v) is 5.53. The molecule has 0 spiro atoms. The van der Waals surface area contributed by atoms with E-state index in [9.17, 15) is 21.6 Å². The first-order chi connectivity index (χ1) is 11.7. The summed E-state index contributed by atoms with van der Waals surface area (Å²) in [5, 5.41) is 3.65. The Balaban J connectivity index is 1.60. The highest BCUT2D eigenvalue weighted by Crippen LogP contribution is 2.42. The summed E-state index contributed by atoms with van der Waals surface area (Å²) in [6.45, 7) is 0.363. The van der Waals surface area contributed by atoms with Gasteiger partial charge < -0.3 is 0 Å². The second-order valence-electron chi connectivity index (χ2n) is 5.76. The first kappa shape index (κ1) is 18.9. The summed E-state index contributed by atoms with van der Waals surface area (Å²) < 4.78 is 67.4. The third-order valence-corrected chi connectivity index (χ3v) is 7.33. The number of thiophene rings is 1. The van der Waals surface area contributed by atoms with E-state index in [1.807, 2.05) is 0 Å². The Morgan fingerprint density at radius 3 is 2.64 bits per heavy atom. The van der Waals surface area contributed by atoms with Crippen molar-refractivity contribution in [2.24, 2.45) is 0 Å². The molecule has 1 aliphatic rings. The number of sulfonamides is 1. The van der Waals surface area contributed by atoms with Crippen LogP contribution in [0.15, 0.2) is 26.2 Å². The minimum absolute atomic E-state index is 0.128. The van der Waals surface area contributed by atoms with Crippen molar-refractivity contribution in [2.75, 3.05) is 6.54 Å². The molecule has 5 nitrogen and oxygen atoms in total. The first-order valence-electron chi connectivity index (χ1n) is 7.57. The lowest BCUT2D eigenvalue weighted by Crippen LogP contribution is -2.25. The maximum absolute atomic E-state index is 12.8. The molecule has 25 heavy (non-hydrogen) atoms. The Bertz CT molecular complexity index is 857. The van der Waals surface area contributed by atoms with Gasteiger partial charge in [-0.1, -0.05) is 0 Å². The predicted molar refractivity (Wildman–Crippen MR) is 91.0 cm³/mol. The van der Waals surface area contributed by atoms with Gasteiger partial charge in [-0.3, -0.25) is 4.68 Å². The fourth-order valence-electron chi connectivity index (χ4n) is 2.41. The highest BCUT2D eigenvalue weighted by molar-refractivity contribution is 9.11. The van der Waals surface area contributed by atoms with E-state index in [0.29, 0.717) is 15.9 Å². The van der Waals surface area contributed by atoms with E-state index < -0.39 is 21.9 Å². The predicted octanol–water partition coefficient (Wildman–Crippen LogP) is 3.97. The van der Waals surface area contributed by atoms with Crippen LogP contribution in [0.4, 0.5) is 13.2 Å². The van der Waals surface area contributed by atoms with E-state index in [1.54, 1.807) is 6.07 Å². The van der Waals surface area contributed by atoms with Crippen LogP contribution in [-0.4, -0.2) is 24.7 Å². The average molecular weight is 458 g/mol. The summed E-state index contributed by atoms with van der Waals surface area (Å²) >= 11 is 4.30. The summed E-state index contributed by atoms with van der Waals surface area (Å²) in [5.74, 6) is 0.128. The van der Waals surface area contributed by atoms with Gasteiger partial charge in [0, 0.05) is 24.7 Å². The number of hydrogen-bond donors (Lipinski definition) is 1. The molecule has 2 aromatic rings. The van der Waals surface area contributed by atoms with E-state index in [0.717, 1.165) is 30.2 Å². The van der Waals surface area contributed by atoms with Crippen LogP contribution < -0.4 is 4.72 Å². The zero-order valence-corrected chi connectivity index (χ0v) is 16.1. The highest BCUT2D eigenvalue weighted by Gasteiger charge is 2.37. The monoisotopic (exact) mass is 457 g/mol. The van der Waals surface area contributed by atoms with Gasteiger partial charge in [0.15, 0.2) is 5.69 Å². The molecule has 0 unspecified atom stereocenters. The van der Waals surface area contributed by atoms with Crippen molar-refractivity contribution in [3.05, 3.63) is 33.4 Å². The smallest absolute Gasteiger partial charge is 0.269 e. The van der Waals surface area contributed by atoms with Gasteiger partial charge in [-0.05, 0) is 53.4 Å². The average Bonchev–Trinajstić information content (AvgIpc) is 3.09. The largest absolute Gasteiger partial charge is 0.435 e. The molecule has 0 aromatic carbocycles. The van der Waals surface area contributed by atoms with Crippen molar-refractivity contribution in [1.29, 1.82) is 0 Å². The van der Waals surface area contributed by atoms with Crippen molar-refractivity contribution < 1.29 is 21.6 Å². The van der Waals surface area contributed by atoms with E-state index in [1.165, 1.54) is 10.7 Å². The van der Waals surface area contributed by atoms with E-state index in [-0.39, 0.29) is 23.2 Å². The lowest BCUT2D eigenvalue weighted by atomic mass is 10.2. The van der Waals surface area contributed by atoms with E-state index in [4.69, 9.17) is 0 Å². The summed E-state index contributed by atoms with van der Waals surface area (Å²) in [6, 6.07) is 4.24.